The monoisotopic (exact) mass is 277 g/mol. The van der Waals surface area contributed by atoms with Gasteiger partial charge in [-0.15, -0.1) is 0 Å². The molecule has 0 aliphatic carbocycles. The number of ether oxygens (including phenoxy) is 2. The van der Waals surface area contributed by atoms with Crippen molar-refractivity contribution in [3.05, 3.63) is 30.3 Å². The molecule has 108 valence electrons. The number of anilines is 1. The summed E-state index contributed by atoms with van der Waals surface area (Å²) in [5, 5.41) is 0. The molecule has 5 heteroatoms. The van der Waals surface area contributed by atoms with Gasteiger partial charge < -0.3 is 9.47 Å². The van der Waals surface area contributed by atoms with Crippen molar-refractivity contribution in [2.24, 2.45) is 0 Å². The Bertz CT molecular complexity index is 502. The molecule has 1 saturated heterocycles. The van der Waals surface area contributed by atoms with Crippen molar-refractivity contribution >= 4 is 17.6 Å². The molecule has 1 fully saturated rings. The molecule has 2 atom stereocenters. The molecule has 0 unspecified atom stereocenters. The fraction of sp³-hybridized carbons (Fsp3) is 0.467. The molecule has 1 aromatic rings. The molecule has 20 heavy (non-hydrogen) atoms. The third kappa shape index (κ3) is 2.67. The molecule has 0 aromatic heterocycles. The van der Waals surface area contributed by atoms with Crippen LogP contribution >= 0.6 is 0 Å². The molecule has 0 bridgehead atoms. The van der Waals surface area contributed by atoms with Gasteiger partial charge >= 0.3 is 5.97 Å². The molecule has 1 aromatic carbocycles. The lowest BCUT2D eigenvalue weighted by atomic mass is 10.1. The van der Waals surface area contributed by atoms with Crippen molar-refractivity contribution in [3.63, 3.8) is 0 Å². The third-order valence-electron chi connectivity index (χ3n) is 3.26. The SMILES string of the molecule is CCOC(=O)C[C@@]1(C)O[C@@H](C)C(=O)N1c1ccccc1. The van der Waals surface area contributed by atoms with Crippen molar-refractivity contribution in [2.75, 3.05) is 11.5 Å². The number of benzene rings is 1. The highest BCUT2D eigenvalue weighted by atomic mass is 16.6. The zero-order valence-corrected chi connectivity index (χ0v) is 12.0. The predicted octanol–water partition coefficient (Wildman–Crippen LogP) is 2.11. The van der Waals surface area contributed by atoms with Crippen LogP contribution in [-0.4, -0.2) is 30.3 Å². The van der Waals surface area contributed by atoms with Gasteiger partial charge in [0, 0.05) is 5.69 Å². The normalized spacial score (nSPS) is 25.9. The first-order valence-electron chi connectivity index (χ1n) is 6.70. The maximum Gasteiger partial charge on any atom is 0.310 e. The fourth-order valence-corrected chi connectivity index (χ4v) is 2.48. The highest BCUT2D eigenvalue weighted by Gasteiger charge is 2.49. The van der Waals surface area contributed by atoms with Crippen LogP contribution in [0.2, 0.25) is 0 Å². The molecule has 5 nitrogen and oxygen atoms in total. The average molecular weight is 277 g/mol. The lowest BCUT2D eigenvalue weighted by Crippen LogP contribution is -2.46. The average Bonchev–Trinajstić information content (AvgIpc) is 2.60. The van der Waals surface area contributed by atoms with Gasteiger partial charge in [0.1, 0.15) is 6.10 Å². The van der Waals surface area contributed by atoms with E-state index in [2.05, 4.69) is 0 Å². The van der Waals surface area contributed by atoms with Gasteiger partial charge in [0.15, 0.2) is 5.72 Å². The van der Waals surface area contributed by atoms with Gasteiger partial charge in [0.2, 0.25) is 0 Å². The number of esters is 1. The molecule has 0 spiro atoms. The van der Waals surface area contributed by atoms with Crippen LogP contribution in [0.3, 0.4) is 0 Å². The van der Waals surface area contributed by atoms with Gasteiger partial charge in [-0.05, 0) is 32.9 Å². The molecule has 0 radical (unpaired) electrons. The standard InChI is InChI=1S/C15H19NO4/c1-4-19-13(17)10-15(3)16(14(18)11(2)20-15)12-8-6-5-7-9-12/h5-9,11H,4,10H2,1-3H3/t11-,15+/m0/s1. The summed E-state index contributed by atoms with van der Waals surface area (Å²) in [5.74, 6) is -0.527. The molecular formula is C15H19NO4. The minimum atomic E-state index is -1.01. The molecule has 0 saturated carbocycles. The van der Waals surface area contributed by atoms with Crippen molar-refractivity contribution < 1.29 is 19.1 Å². The van der Waals surface area contributed by atoms with E-state index in [1.165, 1.54) is 4.90 Å². The van der Waals surface area contributed by atoms with E-state index in [0.717, 1.165) is 0 Å². The fourth-order valence-electron chi connectivity index (χ4n) is 2.48. The first-order chi connectivity index (χ1) is 9.48. The summed E-state index contributed by atoms with van der Waals surface area (Å²) in [6.45, 7) is 5.48. The van der Waals surface area contributed by atoms with Gasteiger partial charge in [0.05, 0.1) is 13.0 Å². The van der Waals surface area contributed by atoms with E-state index < -0.39 is 11.8 Å². The van der Waals surface area contributed by atoms with Crippen LogP contribution in [0.5, 0.6) is 0 Å². The minimum absolute atomic E-state index is 0.00577. The predicted molar refractivity (Wildman–Crippen MR) is 74.1 cm³/mol. The lowest BCUT2D eigenvalue weighted by molar-refractivity contribution is -0.149. The van der Waals surface area contributed by atoms with Crippen LogP contribution in [0.15, 0.2) is 30.3 Å². The Labute approximate surface area is 118 Å². The van der Waals surface area contributed by atoms with Gasteiger partial charge in [0.25, 0.3) is 5.91 Å². The van der Waals surface area contributed by atoms with E-state index >= 15 is 0 Å². The highest BCUT2D eigenvalue weighted by Crippen LogP contribution is 2.35. The zero-order valence-electron chi connectivity index (χ0n) is 12.0. The summed E-state index contributed by atoms with van der Waals surface area (Å²) < 4.78 is 10.7. The maximum atomic E-state index is 12.3. The van der Waals surface area contributed by atoms with Gasteiger partial charge in [-0.25, -0.2) is 0 Å². The molecular weight excluding hydrogens is 258 g/mol. The maximum absolute atomic E-state index is 12.3. The second-order valence-corrected chi connectivity index (χ2v) is 4.93. The van der Waals surface area contributed by atoms with Gasteiger partial charge in [-0.3, -0.25) is 14.5 Å². The number of nitrogens with zero attached hydrogens (tertiary/aromatic N) is 1. The number of hydrogen-bond acceptors (Lipinski definition) is 4. The Kier molecular flexibility index (Phi) is 4.09. The molecule has 1 aliphatic rings. The Hall–Kier alpha value is -1.88. The molecule has 1 aliphatic heterocycles. The molecule has 1 heterocycles. The smallest absolute Gasteiger partial charge is 0.310 e. The molecule has 0 N–H and O–H groups in total. The van der Waals surface area contributed by atoms with Crippen molar-refractivity contribution in [1.82, 2.24) is 0 Å². The van der Waals surface area contributed by atoms with Crippen molar-refractivity contribution in [1.29, 1.82) is 0 Å². The summed E-state index contributed by atoms with van der Waals surface area (Å²) >= 11 is 0. The summed E-state index contributed by atoms with van der Waals surface area (Å²) in [6.07, 6.45) is -0.569. The Morgan fingerprint density at radius 1 is 1.40 bits per heavy atom. The summed E-state index contributed by atoms with van der Waals surface area (Å²) in [4.78, 5) is 25.6. The number of rotatable bonds is 4. The van der Waals surface area contributed by atoms with Crippen LogP contribution in [0.25, 0.3) is 0 Å². The number of amides is 1. The molecule has 2 rings (SSSR count). The largest absolute Gasteiger partial charge is 0.466 e. The van der Waals surface area contributed by atoms with E-state index in [9.17, 15) is 9.59 Å². The van der Waals surface area contributed by atoms with Crippen molar-refractivity contribution in [3.8, 4) is 0 Å². The van der Waals surface area contributed by atoms with Gasteiger partial charge in [-0.2, -0.15) is 0 Å². The van der Waals surface area contributed by atoms with E-state index in [1.54, 1.807) is 20.8 Å². The van der Waals surface area contributed by atoms with E-state index in [-0.39, 0.29) is 18.3 Å². The van der Waals surface area contributed by atoms with E-state index in [1.807, 2.05) is 30.3 Å². The highest BCUT2D eigenvalue weighted by molar-refractivity contribution is 6.00. The number of para-hydroxylation sites is 1. The van der Waals surface area contributed by atoms with Gasteiger partial charge in [-0.1, -0.05) is 18.2 Å². The Balaban J connectivity index is 2.30. The quantitative estimate of drug-likeness (QED) is 0.791. The van der Waals surface area contributed by atoms with E-state index in [0.29, 0.717) is 12.3 Å². The van der Waals surface area contributed by atoms with Crippen molar-refractivity contribution in [2.45, 2.75) is 39.0 Å². The summed E-state index contributed by atoms with van der Waals surface area (Å²) in [6, 6.07) is 9.20. The third-order valence-corrected chi connectivity index (χ3v) is 3.26. The minimum Gasteiger partial charge on any atom is -0.466 e. The number of carbonyl (C=O) groups excluding carboxylic acids is 2. The lowest BCUT2D eigenvalue weighted by Gasteiger charge is -2.32. The van der Waals surface area contributed by atoms with Crippen LogP contribution < -0.4 is 4.90 Å². The second-order valence-electron chi connectivity index (χ2n) is 4.93. The van der Waals surface area contributed by atoms with Crippen LogP contribution in [-0.2, 0) is 19.1 Å². The topological polar surface area (TPSA) is 55.8 Å². The summed E-state index contributed by atoms with van der Waals surface area (Å²) in [5.41, 5.74) is -0.293. The van der Waals surface area contributed by atoms with Crippen LogP contribution in [0, 0.1) is 0 Å². The number of hydrogen-bond donors (Lipinski definition) is 0. The Morgan fingerprint density at radius 3 is 2.65 bits per heavy atom. The Morgan fingerprint density at radius 2 is 2.05 bits per heavy atom. The first-order valence-corrected chi connectivity index (χ1v) is 6.70. The van der Waals surface area contributed by atoms with E-state index in [4.69, 9.17) is 9.47 Å². The second kappa shape index (κ2) is 5.63. The zero-order chi connectivity index (χ0) is 14.8. The first kappa shape index (κ1) is 14.5. The van der Waals surface area contributed by atoms with Crippen LogP contribution in [0.1, 0.15) is 27.2 Å². The summed E-state index contributed by atoms with van der Waals surface area (Å²) in [7, 11) is 0. The number of carbonyl (C=O) groups is 2. The van der Waals surface area contributed by atoms with Crippen LogP contribution in [0.4, 0.5) is 5.69 Å². The molecule has 1 amide bonds.